The van der Waals surface area contributed by atoms with Crippen molar-refractivity contribution < 1.29 is 13.2 Å². The van der Waals surface area contributed by atoms with Gasteiger partial charge in [-0.25, -0.2) is 13.1 Å². The number of sulfonamides is 1. The van der Waals surface area contributed by atoms with E-state index in [9.17, 15) is 13.2 Å². The van der Waals surface area contributed by atoms with E-state index in [0.29, 0.717) is 12.1 Å². The zero-order chi connectivity index (χ0) is 18.4. The van der Waals surface area contributed by atoms with Crippen molar-refractivity contribution in [1.82, 2.24) is 10.0 Å². The van der Waals surface area contributed by atoms with Crippen molar-refractivity contribution >= 4 is 15.9 Å². The third-order valence-electron chi connectivity index (χ3n) is 3.76. The quantitative estimate of drug-likeness (QED) is 0.747. The van der Waals surface area contributed by atoms with Gasteiger partial charge in [0.25, 0.3) is 5.91 Å². The van der Waals surface area contributed by atoms with Crippen LogP contribution in [0.4, 0.5) is 0 Å². The van der Waals surface area contributed by atoms with Crippen molar-refractivity contribution in [3.63, 3.8) is 0 Å². The number of carbonyl (C=O) groups excluding carboxylic acids is 1. The summed E-state index contributed by atoms with van der Waals surface area (Å²) < 4.78 is 26.6. The molecule has 0 unspecified atom stereocenters. The van der Waals surface area contributed by atoms with Gasteiger partial charge in [-0.05, 0) is 43.2 Å². The average Bonchev–Trinajstić information content (AvgIpc) is 2.59. The molecule has 0 saturated carbocycles. The fraction of sp³-hybridized carbons (Fsp3) is 0.211. The minimum absolute atomic E-state index is 0.0496. The smallest absolute Gasteiger partial charge is 0.251 e. The Labute approximate surface area is 148 Å². The molecule has 2 N–H and O–H groups in total. The maximum absolute atomic E-state index is 12.3. The highest BCUT2D eigenvalue weighted by Gasteiger charge is 2.15. The van der Waals surface area contributed by atoms with Gasteiger partial charge in [-0.1, -0.05) is 35.9 Å². The molecule has 25 heavy (non-hydrogen) atoms. The number of carbonyl (C=O) groups is 1. The lowest BCUT2D eigenvalue weighted by molar-refractivity contribution is 0.0950. The predicted molar refractivity (Wildman–Crippen MR) is 98.9 cm³/mol. The van der Waals surface area contributed by atoms with Gasteiger partial charge >= 0.3 is 0 Å². The molecule has 0 bridgehead atoms. The molecule has 132 valence electrons. The largest absolute Gasteiger partial charge is 0.348 e. The first-order chi connectivity index (χ1) is 11.8. The predicted octanol–water partition coefficient (Wildman–Crippen LogP) is 2.70. The molecular formula is C19H22N2O3S. The standard InChI is InChI=1S/C19H22N2O3S/c1-4-10-21-25(23,24)18-7-5-6-16(12-18)19(22)20-13-17-9-8-14(2)11-15(17)3/h4-9,11-12,21H,1,10,13H2,2-3H3,(H,20,22). The molecule has 0 aliphatic rings. The molecule has 5 nitrogen and oxygen atoms in total. The second-order valence-corrected chi connectivity index (χ2v) is 7.55. The molecule has 0 spiro atoms. The van der Waals surface area contributed by atoms with Crippen LogP contribution < -0.4 is 10.0 Å². The highest BCUT2D eigenvalue weighted by molar-refractivity contribution is 7.89. The normalized spacial score (nSPS) is 11.1. The zero-order valence-corrected chi connectivity index (χ0v) is 15.2. The van der Waals surface area contributed by atoms with Gasteiger partial charge in [0.1, 0.15) is 0 Å². The Hall–Kier alpha value is -2.44. The SMILES string of the molecule is C=CCNS(=O)(=O)c1cccc(C(=O)NCc2ccc(C)cc2C)c1. The van der Waals surface area contributed by atoms with Crippen molar-refractivity contribution in [3.05, 3.63) is 77.4 Å². The average molecular weight is 358 g/mol. The Morgan fingerprint density at radius 1 is 1.16 bits per heavy atom. The van der Waals surface area contributed by atoms with Crippen molar-refractivity contribution in [2.75, 3.05) is 6.54 Å². The third kappa shape index (κ3) is 5.01. The highest BCUT2D eigenvalue weighted by atomic mass is 32.2. The monoisotopic (exact) mass is 358 g/mol. The maximum atomic E-state index is 12.3. The van der Waals surface area contributed by atoms with E-state index in [1.165, 1.54) is 18.2 Å². The van der Waals surface area contributed by atoms with Gasteiger partial charge < -0.3 is 5.32 Å². The van der Waals surface area contributed by atoms with Crippen LogP contribution in [0.25, 0.3) is 0 Å². The first-order valence-electron chi connectivity index (χ1n) is 7.88. The van der Waals surface area contributed by atoms with Crippen LogP contribution in [0, 0.1) is 13.8 Å². The lowest BCUT2D eigenvalue weighted by atomic mass is 10.1. The lowest BCUT2D eigenvalue weighted by Crippen LogP contribution is -2.25. The van der Waals surface area contributed by atoms with E-state index in [2.05, 4.69) is 22.7 Å². The minimum Gasteiger partial charge on any atom is -0.348 e. The topological polar surface area (TPSA) is 75.3 Å². The van der Waals surface area contributed by atoms with Crippen molar-refractivity contribution in [2.45, 2.75) is 25.3 Å². The Bertz CT molecular complexity index is 889. The molecule has 2 rings (SSSR count). The fourth-order valence-electron chi connectivity index (χ4n) is 2.38. The summed E-state index contributed by atoms with van der Waals surface area (Å²) in [5, 5.41) is 2.83. The van der Waals surface area contributed by atoms with Gasteiger partial charge in [0.05, 0.1) is 4.90 Å². The highest BCUT2D eigenvalue weighted by Crippen LogP contribution is 2.13. The molecule has 0 fully saturated rings. The molecule has 2 aromatic rings. The first-order valence-corrected chi connectivity index (χ1v) is 9.37. The summed E-state index contributed by atoms with van der Waals surface area (Å²) in [6, 6.07) is 12.0. The van der Waals surface area contributed by atoms with E-state index in [1.54, 1.807) is 12.1 Å². The summed E-state index contributed by atoms with van der Waals surface area (Å²) in [5.74, 6) is -0.319. The van der Waals surface area contributed by atoms with E-state index in [1.807, 2.05) is 26.0 Å². The summed E-state index contributed by atoms with van der Waals surface area (Å²) in [6.45, 7) is 8.00. The molecule has 6 heteroatoms. The molecule has 0 aromatic heterocycles. The van der Waals surface area contributed by atoms with Crippen molar-refractivity contribution in [2.24, 2.45) is 0 Å². The van der Waals surface area contributed by atoms with Crippen LogP contribution in [0.3, 0.4) is 0 Å². The second kappa shape index (κ2) is 8.09. The summed E-state index contributed by atoms with van der Waals surface area (Å²) in [6.07, 6.45) is 1.46. The fourth-order valence-corrected chi connectivity index (χ4v) is 3.42. The number of amides is 1. The number of benzene rings is 2. The molecule has 0 aliphatic carbocycles. The van der Waals surface area contributed by atoms with Crippen LogP contribution in [0.15, 0.2) is 60.0 Å². The van der Waals surface area contributed by atoms with Gasteiger partial charge in [0.15, 0.2) is 0 Å². The van der Waals surface area contributed by atoms with Crippen LogP contribution in [0.5, 0.6) is 0 Å². The van der Waals surface area contributed by atoms with Crippen molar-refractivity contribution in [3.8, 4) is 0 Å². The number of hydrogen-bond donors (Lipinski definition) is 2. The molecule has 0 aliphatic heterocycles. The van der Waals surface area contributed by atoms with E-state index >= 15 is 0 Å². The molecule has 2 aromatic carbocycles. The van der Waals surface area contributed by atoms with Gasteiger partial charge in [-0.3, -0.25) is 4.79 Å². The Kier molecular flexibility index (Phi) is 6.12. The van der Waals surface area contributed by atoms with E-state index < -0.39 is 10.0 Å². The number of rotatable bonds is 7. The molecule has 0 saturated heterocycles. The molecule has 0 atom stereocenters. The Morgan fingerprint density at radius 3 is 2.60 bits per heavy atom. The van der Waals surface area contributed by atoms with E-state index in [0.717, 1.165) is 16.7 Å². The van der Waals surface area contributed by atoms with Crippen LogP contribution in [-0.4, -0.2) is 20.9 Å². The van der Waals surface area contributed by atoms with Gasteiger partial charge in [-0.15, -0.1) is 6.58 Å². The van der Waals surface area contributed by atoms with Crippen LogP contribution in [0.1, 0.15) is 27.0 Å². The molecule has 1 amide bonds. The van der Waals surface area contributed by atoms with Crippen molar-refractivity contribution in [1.29, 1.82) is 0 Å². The summed E-state index contributed by atoms with van der Waals surface area (Å²) in [4.78, 5) is 12.4. The third-order valence-corrected chi connectivity index (χ3v) is 5.18. The zero-order valence-electron chi connectivity index (χ0n) is 14.4. The summed E-state index contributed by atoms with van der Waals surface area (Å²) >= 11 is 0. The van der Waals surface area contributed by atoms with Crippen LogP contribution in [0.2, 0.25) is 0 Å². The van der Waals surface area contributed by atoms with Gasteiger partial charge in [-0.2, -0.15) is 0 Å². The van der Waals surface area contributed by atoms with E-state index in [4.69, 9.17) is 0 Å². The van der Waals surface area contributed by atoms with Crippen LogP contribution in [-0.2, 0) is 16.6 Å². The molecular weight excluding hydrogens is 336 g/mol. The Balaban J connectivity index is 2.12. The van der Waals surface area contributed by atoms with Crippen LogP contribution >= 0.6 is 0 Å². The van der Waals surface area contributed by atoms with Gasteiger partial charge in [0, 0.05) is 18.7 Å². The summed E-state index contributed by atoms with van der Waals surface area (Å²) in [7, 11) is -3.66. The lowest BCUT2D eigenvalue weighted by Gasteiger charge is -2.10. The number of nitrogens with one attached hydrogen (secondary N) is 2. The number of aryl methyl sites for hydroxylation is 2. The molecule has 0 radical (unpaired) electrons. The second-order valence-electron chi connectivity index (χ2n) is 5.78. The van der Waals surface area contributed by atoms with E-state index in [-0.39, 0.29) is 17.3 Å². The Morgan fingerprint density at radius 2 is 1.92 bits per heavy atom. The molecule has 0 heterocycles. The minimum atomic E-state index is -3.66. The maximum Gasteiger partial charge on any atom is 0.251 e. The summed E-state index contributed by atoms with van der Waals surface area (Å²) in [5.41, 5.74) is 3.59. The first kappa shape index (κ1) is 18.9. The number of hydrogen-bond acceptors (Lipinski definition) is 3. The van der Waals surface area contributed by atoms with Gasteiger partial charge in [0.2, 0.25) is 10.0 Å².